The lowest BCUT2D eigenvalue weighted by molar-refractivity contribution is -0.385. The SMILES string of the molecule is CN(c1ccc([N+](=O)[O-])cc1C(F)F)C1CCCNC1. The van der Waals surface area contributed by atoms with Crippen molar-refractivity contribution in [2.24, 2.45) is 0 Å². The Hall–Kier alpha value is -1.76. The zero-order valence-electron chi connectivity index (χ0n) is 11.2. The highest BCUT2D eigenvalue weighted by atomic mass is 19.3. The summed E-state index contributed by atoms with van der Waals surface area (Å²) in [6.07, 6.45) is -0.821. The molecule has 7 heteroatoms. The van der Waals surface area contributed by atoms with E-state index in [1.54, 1.807) is 11.9 Å². The molecule has 1 aliphatic heterocycles. The van der Waals surface area contributed by atoms with Gasteiger partial charge in [0.15, 0.2) is 0 Å². The van der Waals surface area contributed by atoms with Gasteiger partial charge in [0.1, 0.15) is 0 Å². The number of piperidine rings is 1. The van der Waals surface area contributed by atoms with Gasteiger partial charge in [0.2, 0.25) is 0 Å². The molecule has 20 heavy (non-hydrogen) atoms. The normalized spacial score (nSPS) is 19.1. The van der Waals surface area contributed by atoms with E-state index in [1.165, 1.54) is 12.1 Å². The maximum Gasteiger partial charge on any atom is 0.270 e. The van der Waals surface area contributed by atoms with E-state index >= 15 is 0 Å². The third-order valence-corrected chi connectivity index (χ3v) is 3.66. The molecule has 1 atom stereocenters. The van der Waals surface area contributed by atoms with E-state index in [2.05, 4.69) is 5.32 Å². The highest BCUT2D eigenvalue weighted by Gasteiger charge is 2.24. The number of hydrogen-bond donors (Lipinski definition) is 1. The first-order valence-electron chi connectivity index (χ1n) is 6.50. The van der Waals surface area contributed by atoms with Crippen molar-refractivity contribution >= 4 is 11.4 Å². The van der Waals surface area contributed by atoms with E-state index in [9.17, 15) is 18.9 Å². The van der Waals surface area contributed by atoms with Crippen molar-refractivity contribution in [3.8, 4) is 0 Å². The Labute approximate surface area is 115 Å². The van der Waals surface area contributed by atoms with Gasteiger partial charge in [-0.05, 0) is 25.5 Å². The van der Waals surface area contributed by atoms with E-state index in [0.29, 0.717) is 5.69 Å². The summed E-state index contributed by atoms with van der Waals surface area (Å²) >= 11 is 0. The molecule has 2 rings (SSSR count). The molecule has 0 radical (unpaired) electrons. The molecule has 1 N–H and O–H groups in total. The van der Waals surface area contributed by atoms with Crippen LogP contribution >= 0.6 is 0 Å². The molecule has 1 heterocycles. The van der Waals surface area contributed by atoms with E-state index in [0.717, 1.165) is 32.0 Å². The monoisotopic (exact) mass is 285 g/mol. The van der Waals surface area contributed by atoms with Gasteiger partial charge in [-0.15, -0.1) is 0 Å². The minimum Gasteiger partial charge on any atom is -0.370 e. The van der Waals surface area contributed by atoms with Crippen molar-refractivity contribution in [1.29, 1.82) is 0 Å². The molecule has 1 unspecified atom stereocenters. The molecule has 0 spiro atoms. The Morgan fingerprint density at radius 2 is 2.25 bits per heavy atom. The van der Waals surface area contributed by atoms with Crippen molar-refractivity contribution in [3.63, 3.8) is 0 Å². The summed E-state index contributed by atoms with van der Waals surface area (Å²) in [5.41, 5.74) is -0.231. The van der Waals surface area contributed by atoms with Crippen LogP contribution in [0.2, 0.25) is 0 Å². The third kappa shape index (κ3) is 3.04. The van der Waals surface area contributed by atoms with Crippen LogP contribution in [0, 0.1) is 10.1 Å². The first kappa shape index (κ1) is 14.6. The molecule has 1 aliphatic rings. The van der Waals surface area contributed by atoms with Crippen molar-refractivity contribution in [2.45, 2.75) is 25.3 Å². The number of likely N-dealkylation sites (N-methyl/N-ethyl adjacent to an activating group) is 1. The number of benzene rings is 1. The summed E-state index contributed by atoms with van der Waals surface area (Å²) in [5.74, 6) is 0. The number of hydrogen-bond acceptors (Lipinski definition) is 4. The number of nitro groups is 1. The summed E-state index contributed by atoms with van der Waals surface area (Å²) in [7, 11) is 1.75. The van der Waals surface area contributed by atoms with Crippen LogP contribution in [0.5, 0.6) is 0 Å². The van der Waals surface area contributed by atoms with Gasteiger partial charge in [-0.25, -0.2) is 8.78 Å². The number of halogens is 2. The minimum atomic E-state index is -2.73. The standard InChI is InChI=1S/C13H17F2N3O2/c1-17(10-3-2-6-16-8-10)12-5-4-9(18(19)20)7-11(12)13(14)15/h4-5,7,10,13,16H,2-3,6,8H2,1H3. The number of rotatable bonds is 4. The minimum absolute atomic E-state index is 0.128. The molecule has 5 nitrogen and oxygen atoms in total. The molecule has 0 amide bonds. The number of anilines is 1. The Balaban J connectivity index is 2.31. The number of non-ortho nitro benzene ring substituents is 1. The van der Waals surface area contributed by atoms with Gasteiger partial charge in [-0.1, -0.05) is 0 Å². The van der Waals surface area contributed by atoms with Crippen molar-refractivity contribution in [2.75, 3.05) is 25.0 Å². The van der Waals surface area contributed by atoms with Gasteiger partial charge in [0.25, 0.3) is 12.1 Å². The van der Waals surface area contributed by atoms with E-state index in [4.69, 9.17) is 0 Å². The predicted molar refractivity (Wildman–Crippen MR) is 72.3 cm³/mol. The van der Waals surface area contributed by atoms with Crippen LogP contribution in [0.1, 0.15) is 24.8 Å². The molecule has 0 aromatic heterocycles. The molecule has 1 fully saturated rings. The van der Waals surface area contributed by atoms with E-state index in [-0.39, 0.29) is 17.3 Å². The zero-order chi connectivity index (χ0) is 14.7. The molecule has 0 saturated carbocycles. The second kappa shape index (κ2) is 6.13. The fourth-order valence-corrected chi connectivity index (χ4v) is 2.51. The molecule has 1 saturated heterocycles. The highest BCUT2D eigenvalue weighted by molar-refractivity contribution is 5.58. The molecule has 110 valence electrons. The Kier molecular flexibility index (Phi) is 4.49. The number of nitrogens with zero attached hydrogens (tertiary/aromatic N) is 2. The quantitative estimate of drug-likeness (QED) is 0.682. The molecule has 1 aromatic rings. The number of alkyl halides is 2. The van der Waals surface area contributed by atoms with Gasteiger partial charge in [-0.2, -0.15) is 0 Å². The van der Waals surface area contributed by atoms with Crippen LogP contribution in [0.4, 0.5) is 20.2 Å². The summed E-state index contributed by atoms with van der Waals surface area (Å²) < 4.78 is 26.3. The highest BCUT2D eigenvalue weighted by Crippen LogP contribution is 2.34. The van der Waals surface area contributed by atoms with Gasteiger partial charge < -0.3 is 10.2 Å². The average molecular weight is 285 g/mol. The molecular weight excluding hydrogens is 268 g/mol. The summed E-state index contributed by atoms with van der Waals surface area (Å²) in [5, 5.41) is 13.9. The smallest absolute Gasteiger partial charge is 0.270 e. The lowest BCUT2D eigenvalue weighted by atomic mass is 10.0. The van der Waals surface area contributed by atoms with E-state index in [1.807, 2.05) is 0 Å². The largest absolute Gasteiger partial charge is 0.370 e. The lowest BCUT2D eigenvalue weighted by Gasteiger charge is -2.34. The summed E-state index contributed by atoms with van der Waals surface area (Å²) in [6.45, 7) is 1.67. The van der Waals surface area contributed by atoms with Crippen LogP contribution in [0.25, 0.3) is 0 Å². The number of nitro benzene ring substituents is 1. The topological polar surface area (TPSA) is 58.4 Å². The van der Waals surface area contributed by atoms with Crippen LogP contribution in [0.15, 0.2) is 18.2 Å². The molecule has 0 aliphatic carbocycles. The van der Waals surface area contributed by atoms with Crippen LogP contribution in [-0.4, -0.2) is 31.1 Å². The van der Waals surface area contributed by atoms with Crippen LogP contribution < -0.4 is 10.2 Å². The summed E-state index contributed by atoms with van der Waals surface area (Å²) in [6, 6.07) is 3.78. The fraction of sp³-hybridized carbons (Fsp3) is 0.538. The molecule has 1 aromatic carbocycles. The lowest BCUT2D eigenvalue weighted by Crippen LogP contribution is -2.44. The number of nitrogens with one attached hydrogen (secondary N) is 1. The Morgan fingerprint density at radius 3 is 2.80 bits per heavy atom. The van der Waals surface area contributed by atoms with Gasteiger partial charge in [-0.3, -0.25) is 10.1 Å². The third-order valence-electron chi connectivity index (χ3n) is 3.66. The zero-order valence-corrected chi connectivity index (χ0v) is 11.2. The van der Waals surface area contributed by atoms with Crippen LogP contribution in [0.3, 0.4) is 0 Å². The van der Waals surface area contributed by atoms with Crippen molar-refractivity contribution in [1.82, 2.24) is 5.32 Å². The molecule has 0 bridgehead atoms. The Morgan fingerprint density at radius 1 is 1.50 bits per heavy atom. The van der Waals surface area contributed by atoms with Gasteiger partial charge in [0.05, 0.1) is 4.92 Å². The maximum absolute atomic E-state index is 13.1. The van der Waals surface area contributed by atoms with Crippen molar-refractivity contribution < 1.29 is 13.7 Å². The summed E-state index contributed by atoms with van der Waals surface area (Å²) in [4.78, 5) is 11.8. The second-order valence-corrected chi connectivity index (χ2v) is 4.91. The first-order valence-corrected chi connectivity index (χ1v) is 6.50. The predicted octanol–water partition coefficient (Wildman–Crippen LogP) is 2.72. The second-order valence-electron chi connectivity index (χ2n) is 4.91. The van der Waals surface area contributed by atoms with Gasteiger partial charge >= 0.3 is 0 Å². The van der Waals surface area contributed by atoms with Crippen LogP contribution in [-0.2, 0) is 0 Å². The molecular formula is C13H17F2N3O2. The Bertz CT molecular complexity index is 491. The maximum atomic E-state index is 13.1. The van der Waals surface area contributed by atoms with E-state index < -0.39 is 11.3 Å². The van der Waals surface area contributed by atoms with Gasteiger partial charge in [0, 0.05) is 43.0 Å². The van der Waals surface area contributed by atoms with Crippen molar-refractivity contribution in [3.05, 3.63) is 33.9 Å². The average Bonchev–Trinajstić information content (AvgIpc) is 2.46. The first-order chi connectivity index (χ1) is 9.50. The fourth-order valence-electron chi connectivity index (χ4n) is 2.51.